The fraction of sp³-hybridized carbons (Fsp3) is 0.381. The third kappa shape index (κ3) is 3.45. The number of hydrogen-bond acceptors (Lipinski definition) is 1. The van der Waals surface area contributed by atoms with E-state index < -0.39 is 0 Å². The van der Waals surface area contributed by atoms with Gasteiger partial charge in [0, 0.05) is 17.6 Å². The number of benzene rings is 2. The standard InChI is InChI=1S/C21H26N2O/c1-4-17-7-5-6-16(3)19(17)23-20(24)22-14-21(12-13-21)18-10-8-15(2)9-11-18/h5-11H,4,12-14H2,1-3H3,(H2,22,23,24). The normalized spacial score (nSPS) is 15.0. The summed E-state index contributed by atoms with van der Waals surface area (Å²) in [5.74, 6) is 0. The summed E-state index contributed by atoms with van der Waals surface area (Å²) in [6.45, 7) is 6.93. The van der Waals surface area contributed by atoms with Crippen molar-refractivity contribution in [1.82, 2.24) is 5.32 Å². The van der Waals surface area contributed by atoms with E-state index >= 15 is 0 Å². The Morgan fingerprint density at radius 3 is 2.42 bits per heavy atom. The van der Waals surface area contributed by atoms with Crippen LogP contribution in [-0.4, -0.2) is 12.6 Å². The van der Waals surface area contributed by atoms with E-state index in [1.807, 2.05) is 19.1 Å². The predicted molar refractivity (Wildman–Crippen MR) is 99.7 cm³/mol. The van der Waals surface area contributed by atoms with Crippen molar-refractivity contribution in [3.8, 4) is 0 Å². The van der Waals surface area contributed by atoms with Crippen molar-refractivity contribution in [2.45, 2.75) is 45.4 Å². The molecule has 0 aromatic heterocycles. The van der Waals surface area contributed by atoms with Crippen molar-refractivity contribution in [3.05, 3.63) is 64.7 Å². The summed E-state index contributed by atoms with van der Waals surface area (Å²) in [4.78, 5) is 12.4. The van der Waals surface area contributed by atoms with Gasteiger partial charge in [-0.25, -0.2) is 4.79 Å². The molecule has 0 radical (unpaired) electrons. The summed E-state index contributed by atoms with van der Waals surface area (Å²) >= 11 is 0. The van der Waals surface area contributed by atoms with E-state index in [0.29, 0.717) is 6.54 Å². The number of anilines is 1. The number of rotatable bonds is 5. The van der Waals surface area contributed by atoms with Gasteiger partial charge in [-0.3, -0.25) is 0 Å². The summed E-state index contributed by atoms with van der Waals surface area (Å²) in [5.41, 5.74) is 5.95. The number of carbonyl (C=O) groups is 1. The minimum absolute atomic E-state index is 0.114. The largest absolute Gasteiger partial charge is 0.337 e. The molecule has 2 amide bonds. The minimum Gasteiger partial charge on any atom is -0.337 e. The first-order chi connectivity index (χ1) is 11.5. The number of nitrogens with one attached hydrogen (secondary N) is 2. The van der Waals surface area contributed by atoms with Crippen molar-refractivity contribution >= 4 is 11.7 Å². The quantitative estimate of drug-likeness (QED) is 0.821. The fourth-order valence-electron chi connectivity index (χ4n) is 3.23. The Balaban J connectivity index is 1.63. The van der Waals surface area contributed by atoms with Gasteiger partial charge in [-0.1, -0.05) is 55.0 Å². The summed E-state index contributed by atoms with van der Waals surface area (Å²) in [6, 6.07) is 14.7. The van der Waals surface area contributed by atoms with Crippen LogP contribution in [0.15, 0.2) is 42.5 Å². The molecule has 0 aliphatic heterocycles. The lowest BCUT2D eigenvalue weighted by Crippen LogP contribution is -2.35. The molecule has 3 heteroatoms. The van der Waals surface area contributed by atoms with Crippen LogP contribution in [0.25, 0.3) is 0 Å². The average Bonchev–Trinajstić information content (AvgIpc) is 3.36. The van der Waals surface area contributed by atoms with Crippen molar-refractivity contribution in [2.24, 2.45) is 0 Å². The maximum absolute atomic E-state index is 12.4. The molecule has 0 atom stereocenters. The number of urea groups is 1. The second-order valence-electron chi connectivity index (χ2n) is 6.92. The van der Waals surface area contributed by atoms with Gasteiger partial charge in [-0.2, -0.15) is 0 Å². The molecule has 1 fully saturated rings. The van der Waals surface area contributed by atoms with Crippen LogP contribution in [0.2, 0.25) is 0 Å². The molecule has 1 aliphatic rings. The number of aryl methyl sites for hydroxylation is 3. The topological polar surface area (TPSA) is 41.1 Å². The van der Waals surface area contributed by atoms with E-state index in [9.17, 15) is 4.79 Å². The Morgan fingerprint density at radius 2 is 1.79 bits per heavy atom. The van der Waals surface area contributed by atoms with Crippen LogP contribution in [0.5, 0.6) is 0 Å². The van der Waals surface area contributed by atoms with Crippen LogP contribution < -0.4 is 10.6 Å². The van der Waals surface area contributed by atoms with Crippen molar-refractivity contribution < 1.29 is 4.79 Å². The lowest BCUT2D eigenvalue weighted by atomic mass is 9.95. The second kappa shape index (κ2) is 6.68. The summed E-state index contributed by atoms with van der Waals surface area (Å²) < 4.78 is 0. The third-order valence-corrected chi connectivity index (χ3v) is 5.08. The lowest BCUT2D eigenvalue weighted by Gasteiger charge is -2.18. The molecule has 3 nitrogen and oxygen atoms in total. The van der Waals surface area contributed by atoms with Crippen LogP contribution in [0, 0.1) is 13.8 Å². The molecule has 2 N–H and O–H groups in total. The Labute approximate surface area is 144 Å². The van der Waals surface area contributed by atoms with Gasteiger partial charge in [0.15, 0.2) is 0 Å². The van der Waals surface area contributed by atoms with Crippen molar-refractivity contribution in [2.75, 3.05) is 11.9 Å². The molecule has 24 heavy (non-hydrogen) atoms. The average molecular weight is 322 g/mol. The molecular weight excluding hydrogens is 296 g/mol. The SMILES string of the molecule is CCc1cccc(C)c1NC(=O)NCC1(c2ccc(C)cc2)CC1. The summed E-state index contributed by atoms with van der Waals surface area (Å²) in [6.07, 6.45) is 3.19. The predicted octanol–water partition coefficient (Wildman–Crippen LogP) is 4.72. The Hall–Kier alpha value is -2.29. The highest BCUT2D eigenvalue weighted by Crippen LogP contribution is 2.47. The zero-order chi connectivity index (χ0) is 17.2. The van der Waals surface area contributed by atoms with Crippen molar-refractivity contribution in [3.63, 3.8) is 0 Å². The molecule has 2 aromatic carbocycles. The summed E-state index contributed by atoms with van der Waals surface area (Å²) in [5, 5.41) is 6.12. The molecule has 126 valence electrons. The number of amides is 2. The molecule has 1 saturated carbocycles. The maximum atomic E-state index is 12.4. The van der Waals surface area contributed by atoms with Gasteiger partial charge >= 0.3 is 6.03 Å². The third-order valence-electron chi connectivity index (χ3n) is 5.08. The molecule has 0 saturated heterocycles. The van der Waals surface area contributed by atoms with Gasteiger partial charge in [0.05, 0.1) is 0 Å². The van der Waals surface area contributed by atoms with E-state index in [1.54, 1.807) is 0 Å². The van der Waals surface area contributed by atoms with Crippen LogP contribution >= 0.6 is 0 Å². The lowest BCUT2D eigenvalue weighted by molar-refractivity contribution is 0.251. The molecule has 0 spiro atoms. The maximum Gasteiger partial charge on any atom is 0.319 e. The van der Waals surface area contributed by atoms with Crippen molar-refractivity contribution in [1.29, 1.82) is 0 Å². The minimum atomic E-state index is -0.114. The molecule has 0 bridgehead atoms. The van der Waals surface area contributed by atoms with Gasteiger partial charge in [0.2, 0.25) is 0 Å². The van der Waals surface area contributed by atoms with E-state index in [0.717, 1.165) is 30.5 Å². The first-order valence-corrected chi connectivity index (χ1v) is 8.74. The van der Waals surface area contributed by atoms with E-state index in [4.69, 9.17) is 0 Å². The van der Waals surface area contributed by atoms with Crippen LogP contribution in [-0.2, 0) is 11.8 Å². The molecular formula is C21H26N2O. The molecule has 0 unspecified atom stereocenters. The Bertz CT molecular complexity index is 730. The first-order valence-electron chi connectivity index (χ1n) is 8.74. The van der Waals surface area contributed by atoms with Gasteiger partial charge in [-0.15, -0.1) is 0 Å². The van der Waals surface area contributed by atoms with Crippen LogP contribution in [0.4, 0.5) is 10.5 Å². The van der Waals surface area contributed by atoms with Gasteiger partial charge < -0.3 is 10.6 Å². The molecule has 2 aromatic rings. The Morgan fingerprint density at radius 1 is 1.08 bits per heavy atom. The summed E-state index contributed by atoms with van der Waals surface area (Å²) in [7, 11) is 0. The smallest absolute Gasteiger partial charge is 0.319 e. The molecule has 0 heterocycles. The van der Waals surface area contributed by atoms with Gasteiger partial charge in [0.25, 0.3) is 0 Å². The van der Waals surface area contributed by atoms with Crippen LogP contribution in [0.1, 0.15) is 42.0 Å². The van der Waals surface area contributed by atoms with Gasteiger partial charge in [-0.05, 0) is 49.8 Å². The van der Waals surface area contributed by atoms with Crippen LogP contribution in [0.3, 0.4) is 0 Å². The number of para-hydroxylation sites is 1. The highest BCUT2D eigenvalue weighted by atomic mass is 16.2. The fourth-order valence-corrected chi connectivity index (χ4v) is 3.23. The zero-order valence-corrected chi connectivity index (χ0v) is 14.8. The van der Waals surface area contributed by atoms with Gasteiger partial charge in [0.1, 0.15) is 0 Å². The molecule has 3 rings (SSSR count). The monoisotopic (exact) mass is 322 g/mol. The van der Waals surface area contributed by atoms with E-state index in [2.05, 4.69) is 54.8 Å². The highest BCUT2D eigenvalue weighted by Gasteiger charge is 2.44. The molecule has 1 aliphatic carbocycles. The van der Waals surface area contributed by atoms with E-state index in [-0.39, 0.29) is 11.4 Å². The second-order valence-corrected chi connectivity index (χ2v) is 6.92. The van der Waals surface area contributed by atoms with E-state index in [1.165, 1.54) is 16.7 Å². The number of carbonyl (C=O) groups excluding carboxylic acids is 1. The zero-order valence-electron chi connectivity index (χ0n) is 14.8. The highest BCUT2D eigenvalue weighted by molar-refractivity contribution is 5.91. The Kier molecular flexibility index (Phi) is 4.61. The first kappa shape index (κ1) is 16.6. The number of hydrogen-bond donors (Lipinski definition) is 2.